The number of para-hydroxylation sites is 2. The molecule has 0 unspecified atom stereocenters. The number of methoxy groups -OCH3 is 4. The van der Waals surface area contributed by atoms with Gasteiger partial charge >= 0.3 is 0 Å². The summed E-state index contributed by atoms with van der Waals surface area (Å²) in [6, 6.07) is 10.2. The van der Waals surface area contributed by atoms with E-state index in [-0.39, 0.29) is 10.7 Å². The molecule has 3 rings (SSSR count). The Morgan fingerprint density at radius 1 is 0.867 bits per heavy atom. The van der Waals surface area contributed by atoms with E-state index in [1.54, 1.807) is 36.4 Å². The second-order valence-corrected chi connectivity index (χ2v) is 6.44. The Labute approximate surface area is 179 Å². The van der Waals surface area contributed by atoms with Crippen molar-refractivity contribution in [1.82, 2.24) is 5.32 Å². The normalized spacial score (nSPS) is 15.1. The van der Waals surface area contributed by atoms with Gasteiger partial charge in [-0.2, -0.15) is 0 Å². The van der Waals surface area contributed by atoms with Gasteiger partial charge in [-0.3, -0.25) is 14.9 Å². The summed E-state index contributed by atoms with van der Waals surface area (Å²) in [5.41, 5.74) is 0.752. The molecule has 2 aromatic carbocycles. The van der Waals surface area contributed by atoms with Crippen molar-refractivity contribution in [2.24, 2.45) is 0 Å². The highest BCUT2D eigenvalue weighted by Gasteiger charge is 2.36. The molecule has 1 aliphatic rings. The Morgan fingerprint density at radius 3 is 2.17 bits per heavy atom. The first-order chi connectivity index (χ1) is 14.5. The van der Waals surface area contributed by atoms with Gasteiger partial charge in [0.1, 0.15) is 11.3 Å². The fourth-order valence-electron chi connectivity index (χ4n) is 3.08. The summed E-state index contributed by atoms with van der Waals surface area (Å²) in [5.74, 6) is 0.343. The van der Waals surface area contributed by atoms with Crippen molar-refractivity contribution >= 4 is 40.9 Å². The largest absolute Gasteiger partial charge is 0.495 e. The minimum absolute atomic E-state index is 0.0362. The third-order valence-corrected chi connectivity index (χ3v) is 4.75. The van der Waals surface area contributed by atoms with Gasteiger partial charge in [-0.15, -0.1) is 0 Å². The van der Waals surface area contributed by atoms with Crippen molar-refractivity contribution in [3.05, 3.63) is 47.5 Å². The van der Waals surface area contributed by atoms with Crippen molar-refractivity contribution in [2.75, 3.05) is 33.3 Å². The molecular weight excluding hydrogens is 408 g/mol. The predicted molar refractivity (Wildman–Crippen MR) is 115 cm³/mol. The fourth-order valence-corrected chi connectivity index (χ4v) is 3.36. The number of anilines is 1. The van der Waals surface area contributed by atoms with Gasteiger partial charge in [-0.1, -0.05) is 12.1 Å². The number of hydrogen-bond acceptors (Lipinski definition) is 7. The maximum atomic E-state index is 13.3. The summed E-state index contributed by atoms with van der Waals surface area (Å²) >= 11 is 5.24. The van der Waals surface area contributed by atoms with Crippen LogP contribution in [0.1, 0.15) is 5.56 Å². The number of hydrogen-bond donors (Lipinski definition) is 1. The lowest BCUT2D eigenvalue weighted by Gasteiger charge is -2.29. The summed E-state index contributed by atoms with van der Waals surface area (Å²) in [6.07, 6.45) is 1.42. The zero-order chi connectivity index (χ0) is 21.8. The number of benzene rings is 2. The summed E-state index contributed by atoms with van der Waals surface area (Å²) in [4.78, 5) is 27.1. The summed E-state index contributed by atoms with van der Waals surface area (Å²) in [5, 5.41) is 2.51. The second-order valence-electron chi connectivity index (χ2n) is 6.05. The first-order valence-electron chi connectivity index (χ1n) is 8.80. The van der Waals surface area contributed by atoms with Crippen LogP contribution in [0.15, 0.2) is 42.0 Å². The van der Waals surface area contributed by atoms with Gasteiger partial charge < -0.3 is 18.9 Å². The molecule has 0 atom stereocenters. The monoisotopic (exact) mass is 428 g/mol. The Kier molecular flexibility index (Phi) is 6.22. The van der Waals surface area contributed by atoms with Crippen molar-refractivity contribution in [3.63, 3.8) is 0 Å². The molecule has 8 nitrogen and oxygen atoms in total. The minimum Gasteiger partial charge on any atom is -0.495 e. The molecule has 0 aliphatic carbocycles. The molecule has 1 heterocycles. The van der Waals surface area contributed by atoms with Crippen LogP contribution < -0.4 is 29.2 Å². The zero-order valence-corrected chi connectivity index (χ0v) is 17.7. The third-order valence-electron chi connectivity index (χ3n) is 4.46. The topological polar surface area (TPSA) is 86.3 Å². The Balaban J connectivity index is 2.12. The average molecular weight is 428 g/mol. The number of thiocarbonyl (C=S) groups is 1. The van der Waals surface area contributed by atoms with Gasteiger partial charge in [0.05, 0.1) is 34.1 Å². The molecule has 0 spiro atoms. The molecule has 0 saturated carbocycles. The second kappa shape index (κ2) is 8.83. The average Bonchev–Trinajstić information content (AvgIpc) is 2.76. The lowest BCUT2D eigenvalue weighted by Crippen LogP contribution is -2.54. The summed E-state index contributed by atoms with van der Waals surface area (Å²) < 4.78 is 21.4. The van der Waals surface area contributed by atoms with Crippen LogP contribution >= 0.6 is 12.2 Å². The van der Waals surface area contributed by atoms with Crippen LogP contribution in [0.3, 0.4) is 0 Å². The molecule has 1 saturated heterocycles. The predicted octanol–water partition coefficient (Wildman–Crippen LogP) is 2.55. The van der Waals surface area contributed by atoms with E-state index in [1.807, 2.05) is 0 Å². The number of rotatable bonds is 6. The molecule has 0 bridgehead atoms. The van der Waals surface area contributed by atoms with E-state index in [4.69, 9.17) is 31.2 Å². The Morgan fingerprint density at radius 2 is 1.53 bits per heavy atom. The molecule has 0 aromatic heterocycles. The van der Waals surface area contributed by atoms with E-state index in [0.29, 0.717) is 34.2 Å². The molecule has 9 heteroatoms. The Hall–Kier alpha value is -3.59. The van der Waals surface area contributed by atoms with Gasteiger partial charge in [0.15, 0.2) is 16.6 Å². The third kappa shape index (κ3) is 3.67. The lowest BCUT2D eigenvalue weighted by atomic mass is 10.0. The standard InChI is InChI=1S/C21H20N2O6S/c1-26-15-8-6-5-7-14(15)23-20(25)13(19(24)22-21(23)30)11-12-9-10-16(27-2)18(29-4)17(12)28-3/h5-11H,1-4H3,(H,22,24,30)/b13-11-. The molecule has 2 amide bonds. The van der Waals surface area contributed by atoms with Crippen LogP contribution in [0.4, 0.5) is 5.69 Å². The number of carbonyl (C=O) groups is 2. The van der Waals surface area contributed by atoms with Gasteiger partial charge in [0.2, 0.25) is 5.75 Å². The van der Waals surface area contributed by atoms with Crippen LogP contribution in [-0.2, 0) is 9.59 Å². The minimum atomic E-state index is -0.618. The van der Waals surface area contributed by atoms with Gasteiger partial charge in [0, 0.05) is 5.56 Å². The number of nitrogens with one attached hydrogen (secondary N) is 1. The number of nitrogens with zero attached hydrogens (tertiary/aromatic N) is 1. The maximum Gasteiger partial charge on any atom is 0.270 e. The van der Waals surface area contributed by atoms with Crippen LogP contribution in [0, 0.1) is 0 Å². The van der Waals surface area contributed by atoms with Crippen LogP contribution in [0.25, 0.3) is 6.08 Å². The van der Waals surface area contributed by atoms with Crippen LogP contribution in [0.5, 0.6) is 23.0 Å². The van der Waals surface area contributed by atoms with Crippen LogP contribution in [0.2, 0.25) is 0 Å². The van der Waals surface area contributed by atoms with E-state index in [9.17, 15) is 9.59 Å². The number of carbonyl (C=O) groups excluding carboxylic acids is 2. The molecule has 0 radical (unpaired) electrons. The molecule has 30 heavy (non-hydrogen) atoms. The van der Waals surface area contributed by atoms with Crippen molar-refractivity contribution in [3.8, 4) is 23.0 Å². The SMILES string of the molecule is COc1ccccc1N1C(=O)/C(=C\c2ccc(OC)c(OC)c2OC)C(=O)NC1=S. The molecule has 1 fully saturated rings. The smallest absolute Gasteiger partial charge is 0.270 e. The molecule has 1 aliphatic heterocycles. The van der Waals surface area contributed by atoms with E-state index in [1.165, 1.54) is 39.4 Å². The van der Waals surface area contributed by atoms with E-state index in [0.717, 1.165) is 0 Å². The van der Waals surface area contributed by atoms with E-state index >= 15 is 0 Å². The van der Waals surface area contributed by atoms with Crippen molar-refractivity contribution in [2.45, 2.75) is 0 Å². The van der Waals surface area contributed by atoms with E-state index in [2.05, 4.69) is 5.32 Å². The van der Waals surface area contributed by atoms with E-state index < -0.39 is 11.8 Å². The van der Waals surface area contributed by atoms with Gasteiger partial charge in [-0.05, 0) is 42.6 Å². The maximum absolute atomic E-state index is 13.3. The van der Waals surface area contributed by atoms with Crippen LogP contribution in [-0.4, -0.2) is 45.4 Å². The molecule has 2 aromatic rings. The first kappa shape index (κ1) is 21.1. The summed E-state index contributed by atoms with van der Waals surface area (Å²) in [7, 11) is 5.91. The number of ether oxygens (including phenoxy) is 4. The summed E-state index contributed by atoms with van der Waals surface area (Å²) in [6.45, 7) is 0. The van der Waals surface area contributed by atoms with Gasteiger partial charge in [-0.25, -0.2) is 4.90 Å². The number of amides is 2. The van der Waals surface area contributed by atoms with Crippen molar-refractivity contribution < 1.29 is 28.5 Å². The fraction of sp³-hybridized carbons (Fsp3) is 0.190. The quantitative estimate of drug-likeness (QED) is 0.430. The molecular formula is C21H20N2O6S. The van der Waals surface area contributed by atoms with Gasteiger partial charge in [0.25, 0.3) is 11.8 Å². The first-order valence-corrected chi connectivity index (χ1v) is 9.21. The highest BCUT2D eigenvalue weighted by molar-refractivity contribution is 7.80. The zero-order valence-electron chi connectivity index (χ0n) is 16.8. The highest BCUT2D eigenvalue weighted by Crippen LogP contribution is 2.41. The van der Waals surface area contributed by atoms with Crippen molar-refractivity contribution in [1.29, 1.82) is 0 Å². The highest BCUT2D eigenvalue weighted by atomic mass is 32.1. The molecule has 1 N–H and O–H groups in total. The lowest BCUT2D eigenvalue weighted by molar-refractivity contribution is -0.122. The molecule has 156 valence electrons. The Bertz CT molecular complexity index is 1050.